The fourth-order valence-electron chi connectivity index (χ4n) is 2.81. The van der Waals surface area contributed by atoms with Gasteiger partial charge in [-0.2, -0.15) is 0 Å². The molecule has 5 nitrogen and oxygen atoms in total. The molecular weight excluding hydrogens is 288 g/mol. The lowest BCUT2D eigenvalue weighted by molar-refractivity contribution is 0.162. The van der Waals surface area contributed by atoms with Crippen LogP contribution in [0.1, 0.15) is 18.4 Å². The van der Waals surface area contributed by atoms with E-state index in [2.05, 4.69) is 0 Å². The lowest BCUT2D eigenvalue weighted by atomic mass is 9.89. The van der Waals surface area contributed by atoms with Gasteiger partial charge in [0.15, 0.2) is 0 Å². The number of ether oxygens (including phenoxy) is 1. The summed E-state index contributed by atoms with van der Waals surface area (Å²) in [6.45, 7) is 4.16. The van der Waals surface area contributed by atoms with E-state index in [-0.39, 0.29) is 24.2 Å². The number of nitrogens with zero attached hydrogens (tertiary/aromatic N) is 1. The fourth-order valence-corrected chi connectivity index (χ4v) is 4.21. The van der Waals surface area contributed by atoms with E-state index in [4.69, 9.17) is 10.5 Å². The van der Waals surface area contributed by atoms with Gasteiger partial charge in [-0.3, -0.25) is 0 Å². The first-order valence-corrected chi connectivity index (χ1v) is 9.00. The van der Waals surface area contributed by atoms with Gasteiger partial charge in [0.2, 0.25) is 10.0 Å². The summed E-state index contributed by atoms with van der Waals surface area (Å²) in [5, 5.41) is 0. The van der Waals surface area contributed by atoms with E-state index in [1.54, 1.807) is 4.31 Å². The zero-order valence-electron chi connectivity index (χ0n) is 12.4. The Balaban J connectivity index is 2.08. The van der Waals surface area contributed by atoms with Crippen LogP contribution in [-0.2, 0) is 14.8 Å². The van der Waals surface area contributed by atoms with Crippen molar-refractivity contribution in [1.29, 1.82) is 0 Å². The first-order valence-electron chi connectivity index (χ1n) is 7.39. The van der Waals surface area contributed by atoms with E-state index in [0.29, 0.717) is 26.2 Å². The highest BCUT2D eigenvalue weighted by molar-refractivity contribution is 7.89. The third kappa shape index (κ3) is 4.03. The molecule has 118 valence electrons. The standard InChI is InChI=1S/C15H24N2O3S/c1-2-20-8-9-21(18,19)17-11-14(10-16)15(12-17)13-6-4-3-5-7-13/h3-7,14-15H,2,8-12,16H2,1H3/t14-,15+/m1/s1. The second-order valence-corrected chi connectivity index (χ2v) is 7.43. The van der Waals surface area contributed by atoms with Crippen LogP contribution in [0.15, 0.2) is 30.3 Å². The molecule has 0 aromatic heterocycles. The summed E-state index contributed by atoms with van der Waals surface area (Å²) in [4.78, 5) is 0. The largest absolute Gasteiger partial charge is 0.381 e. The topological polar surface area (TPSA) is 72.6 Å². The maximum atomic E-state index is 12.4. The van der Waals surface area contributed by atoms with Gasteiger partial charge in [0, 0.05) is 25.6 Å². The maximum absolute atomic E-state index is 12.4. The number of benzene rings is 1. The molecule has 6 heteroatoms. The molecule has 2 atom stereocenters. The highest BCUT2D eigenvalue weighted by Crippen LogP contribution is 2.33. The lowest BCUT2D eigenvalue weighted by Crippen LogP contribution is -2.33. The van der Waals surface area contributed by atoms with E-state index in [1.807, 2.05) is 37.3 Å². The number of nitrogens with two attached hydrogens (primary N) is 1. The summed E-state index contributed by atoms with van der Waals surface area (Å²) in [5.41, 5.74) is 7.00. The molecule has 0 aliphatic carbocycles. The first kappa shape index (κ1) is 16.4. The molecule has 1 heterocycles. The molecule has 1 aromatic carbocycles. The van der Waals surface area contributed by atoms with Gasteiger partial charge >= 0.3 is 0 Å². The zero-order chi connectivity index (χ0) is 15.3. The molecular formula is C15H24N2O3S. The Morgan fingerprint density at radius 2 is 2.00 bits per heavy atom. The molecule has 0 spiro atoms. The number of sulfonamides is 1. The van der Waals surface area contributed by atoms with Gasteiger partial charge in [-0.25, -0.2) is 12.7 Å². The first-order chi connectivity index (χ1) is 10.1. The minimum atomic E-state index is -3.26. The summed E-state index contributed by atoms with van der Waals surface area (Å²) >= 11 is 0. The van der Waals surface area contributed by atoms with Crippen LogP contribution in [0.25, 0.3) is 0 Å². The monoisotopic (exact) mass is 312 g/mol. The second-order valence-electron chi connectivity index (χ2n) is 5.34. The van der Waals surface area contributed by atoms with Crippen molar-refractivity contribution >= 4 is 10.0 Å². The normalized spacial score (nSPS) is 23.5. The smallest absolute Gasteiger partial charge is 0.216 e. The molecule has 0 amide bonds. The van der Waals surface area contributed by atoms with E-state index >= 15 is 0 Å². The molecule has 2 N–H and O–H groups in total. The summed E-state index contributed by atoms with van der Waals surface area (Å²) in [7, 11) is -3.26. The molecule has 0 radical (unpaired) electrons. The van der Waals surface area contributed by atoms with Crippen molar-refractivity contribution in [3.63, 3.8) is 0 Å². The van der Waals surface area contributed by atoms with Crippen molar-refractivity contribution in [3.8, 4) is 0 Å². The zero-order valence-corrected chi connectivity index (χ0v) is 13.3. The fraction of sp³-hybridized carbons (Fsp3) is 0.600. The Morgan fingerprint density at radius 1 is 1.29 bits per heavy atom. The van der Waals surface area contributed by atoms with Crippen LogP contribution >= 0.6 is 0 Å². The highest BCUT2D eigenvalue weighted by Gasteiger charge is 2.38. The molecule has 1 saturated heterocycles. The number of hydrogen-bond donors (Lipinski definition) is 1. The maximum Gasteiger partial charge on any atom is 0.216 e. The van der Waals surface area contributed by atoms with Gasteiger partial charge in [-0.05, 0) is 24.9 Å². The van der Waals surface area contributed by atoms with Crippen LogP contribution in [0, 0.1) is 5.92 Å². The molecule has 1 fully saturated rings. The quantitative estimate of drug-likeness (QED) is 0.763. The van der Waals surface area contributed by atoms with E-state index < -0.39 is 10.0 Å². The van der Waals surface area contributed by atoms with Gasteiger partial charge in [-0.1, -0.05) is 30.3 Å². The predicted octanol–water partition coefficient (Wildman–Crippen LogP) is 1.03. The SMILES string of the molecule is CCOCCS(=O)(=O)N1C[C@@H](CN)[C@H](c2ccccc2)C1. The number of hydrogen-bond acceptors (Lipinski definition) is 4. The average molecular weight is 312 g/mol. The van der Waals surface area contributed by atoms with Crippen molar-refractivity contribution in [2.75, 3.05) is 38.6 Å². The second kappa shape index (κ2) is 7.35. The highest BCUT2D eigenvalue weighted by atomic mass is 32.2. The Bertz CT molecular complexity index is 533. The summed E-state index contributed by atoms with van der Waals surface area (Å²) in [5.74, 6) is 0.395. The molecule has 21 heavy (non-hydrogen) atoms. The van der Waals surface area contributed by atoms with Crippen molar-refractivity contribution in [1.82, 2.24) is 4.31 Å². The van der Waals surface area contributed by atoms with E-state index in [9.17, 15) is 8.42 Å². The predicted molar refractivity (Wildman–Crippen MR) is 83.6 cm³/mol. The van der Waals surface area contributed by atoms with Gasteiger partial charge in [0.05, 0.1) is 12.4 Å². The average Bonchev–Trinajstić information content (AvgIpc) is 2.93. The molecule has 0 unspecified atom stereocenters. The van der Waals surface area contributed by atoms with Crippen LogP contribution in [0.5, 0.6) is 0 Å². The van der Waals surface area contributed by atoms with Crippen molar-refractivity contribution in [2.45, 2.75) is 12.8 Å². The van der Waals surface area contributed by atoms with Crippen molar-refractivity contribution in [3.05, 3.63) is 35.9 Å². The van der Waals surface area contributed by atoms with Gasteiger partial charge in [-0.15, -0.1) is 0 Å². The molecule has 1 aromatic rings. The van der Waals surface area contributed by atoms with Gasteiger partial charge < -0.3 is 10.5 Å². The third-order valence-electron chi connectivity index (χ3n) is 4.02. The molecule has 2 rings (SSSR count). The Morgan fingerprint density at radius 3 is 2.62 bits per heavy atom. The van der Waals surface area contributed by atoms with Crippen LogP contribution in [0.3, 0.4) is 0 Å². The molecule has 0 saturated carbocycles. The Kier molecular flexibility index (Phi) is 5.75. The third-order valence-corrected chi connectivity index (χ3v) is 5.79. The van der Waals surface area contributed by atoms with Crippen molar-refractivity contribution < 1.29 is 13.2 Å². The summed E-state index contributed by atoms with van der Waals surface area (Å²) in [6.07, 6.45) is 0. The number of rotatable bonds is 7. The van der Waals surface area contributed by atoms with Crippen LogP contribution in [0.2, 0.25) is 0 Å². The molecule has 1 aliphatic heterocycles. The minimum Gasteiger partial charge on any atom is -0.381 e. The summed E-state index contributed by atoms with van der Waals surface area (Å²) < 4.78 is 31.4. The Hall–Kier alpha value is -0.950. The lowest BCUT2D eigenvalue weighted by Gasteiger charge is -2.17. The van der Waals surface area contributed by atoms with Crippen LogP contribution in [0.4, 0.5) is 0 Å². The minimum absolute atomic E-state index is 0.0413. The van der Waals surface area contributed by atoms with E-state index in [0.717, 1.165) is 5.56 Å². The van der Waals surface area contributed by atoms with Gasteiger partial charge in [0.25, 0.3) is 0 Å². The van der Waals surface area contributed by atoms with Crippen LogP contribution in [-0.4, -0.2) is 51.3 Å². The van der Waals surface area contributed by atoms with Crippen LogP contribution < -0.4 is 5.73 Å². The molecule has 1 aliphatic rings. The van der Waals surface area contributed by atoms with Gasteiger partial charge in [0.1, 0.15) is 0 Å². The van der Waals surface area contributed by atoms with E-state index in [1.165, 1.54) is 0 Å². The van der Waals surface area contributed by atoms with Crippen molar-refractivity contribution in [2.24, 2.45) is 11.7 Å². The summed E-state index contributed by atoms with van der Waals surface area (Å²) in [6, 6.07) is 10.0. The molecule has 0 bridgehead atoms. The Labute approximate surface area is 127 Å².